The summed E-state index contributed by atoms with van der Waals surface area (Å²) in [7, 11) is 1.73. The molecule has 0 aromatic heterocycles. The number of hydrogen-bond acceptors (Lipinski definition) is 4. The van der Waals surface area contributed by atoms with Gasteiger partial charge >= 0.3 is 0 Å². The normalized spacial score (nSPS) is 10.9. The molecule has 0 radical (unpaired) electrons. The second-order valence-corrected chi connectivity index (χ2v) is 2.58. The molecule has 0 aliphatic rings. The van der Waals surface area contributed by atoms with E-state index in [9.17, 15) is 0 Å². The van der Waals surface area contributed by atoms with Crippen molar-refractivity contribution >= 4 is 16.8 Å². The van der Waals surface area contributed by atoms with Crippen molar-refractivity contribution in [1.29, 1.82) is 0 Å². The molecular formula is C6H12N2OS. The van der Waals surface area contributed by atoms with Gasteiger partial charge in [0.15, 0.2) is 0 Å². The molecule has 0 amide bonds. The highest BCUT2D eigenvalue weighted by Gasteiger charge is 1.88. The van der Waals surface area contributed by atoms with Gasteiger partial charge in [-0.2, -0.15) is 0 Å². The second kappa shape index (κ2) is 5.17. The molecule has 0 spiro atoms. The van der Waals surface area contributed by atoms with Gasteiger partial charge in [-0.25, -0.2) is 0 Å². The summed E-state index contributed by atoms with van der Waals surface area (Å²) in [6.07, 6.45) is 1.93. The van der Waals surface area contributed by atoms with E-state index < -0.39 is 0 Å². The van der Waals surface area contributed by atoms with Gasteiger partial charge in [-0.05, 0) is 19.8 Å². The zero-order valence-electron chi connectivity index (χ0n) is 6.47. The standard InChI is InChI=1S/C6H12N2OS/c1-5(7-3)9-8-6(2)10-4/h7H,1H2,2-4H3. The van der Waals surface area contributed by atoms with Gasteiger partial charge in [0.1, 0.15) is 5.04 Å². The van der Waals surface area contributed by atoms with E-state index in [1.165, 1.54) is 11.8 Å². The van der Waals surface area contributed by atoms with Crippen molar-refractivity contribution in [3.8, 4) is 0 Å². The van der Waals surface area contributed by atoms with Crippen LogP contribution in [0, 0.1) is 0 Å². The predicted molar refractivity (Wildman–Crippen MR) is 45.9 cm³/mol. The Balaban J connectivity index is 3.61. The largest absolute Gasteiger partial charge is 0.358 e. The van der Waals surface area contributed by atoms with E-state index in [0.717, 1.165) is 5.04 Å². The first-order chi connectivity index (χ1) is 4.70. The summed E-state index contributed by atoms with van der Waals surface area (Å²) < 4.78 is 0. The average molecular weight is 160 g/mol. The third-order valence-electron chi connectivity index (χ3n) is 0.859. The molecule has 0 rings (SSSR count). The number of nitrogens with one attached hydrogen (secondary N) is 1. The van der Waals surface area contributed by atoms with Gasteiger partial charge in [0.2, 0.25) is 5.88 Å². The lowest BCUT2D eigenvalue weighted by Crippen LogP contribution is -2.05. The highest BCUT2D eigenvalue weighted by molar-refractivity contribution is 8.13. The summed E-state index contributed by atoms with van der Waals surface area (Å²) in [4.78, 5) is 4.81. The van der Waals surface area contributed by atoms with Gasteiger partial charge in [0.25, 0.3) is 0 Å². The number of oxime groups is 1. The fourth-order valence-electron chi connectivity index (χ4n) is 0.202. The summed E-state index contributed by atoms with van der Waals surface area (Å²) in [6.45, 7) is 5.40. The third-order valence-corrected chi connectivity index (χ3v) is 1.52. The van der Waals surface area contributed by atoms with Crippen LogP contribution in [0.3, 0.4) is 0 Å². The SMILES string of the molecule is C=C(NC)ON=C(C)SC. The van der Waals surface area contributed by atoms with E-state index in [0.29, 0.717) is 5.88 Å². The van der Waals surface area contributed by atoms with Crippen LogP contribution in [0.25, 0.3) is 0 Å². The monoisotopic (exact) mass is 160 g/mol. The van der Waals surface area contributed by atoms with E-state index in [1.54, 1.807) is 7.05 Å². The molecule has 0 heterocycles. The van der Waals surface area contributed by atoms with Gasteiger partial charge < -0.3 is 10.2 Å². The molecule has 1 N–H and O–H groups in total. The molecule has 0 aliphatic heterocycles. The Morgan fingerprint density at radius 3 is 2.70 bits per heavy atom. The maximum Gasteiger partial charge on any atom is 0.215 e. The van der Waals surface area contributed by atoms with Crippen LogP contribution in [-0.2, 0) is 4.84 Å². The first kappa shape index (κ1) is 9.36. The number of rotatable bonds is 3. The lowest BCUT2D eigenvalue weighted by molar-refractivity contribution is 0.211. The molecule has 0 aromatic rings. The minimum absolute atomic E-state index is 0.452. The Morgan fingerprint density at radius 1 is 1.70 bits per heavy atom. The topological polar surface area (TPSA) is 33.6 Å². The molecule has 4 heteroatoms. The molecule has 10 heavy (non-hydrogen) atoms. The molecule has 0 unspecified atom stereocenters. The van der Waals surface area contributed by atoms with Crippen LogP contribution in [0.15, 0.2) is 17.6 Å². The van der Waals surface area contributed by atoms with Crippen LogP contribution in [0.1, 0.15) is 6.92 Å². The van der Waals surface area contributed by atoms with E-state index in [1.807, 2.05) is 13.2 Å². The van der Waals surface area contributed by atoms with Crippen molar-refractivity contribution < 1.29 is 4.84 Å². The van der Waals surface area contributed by atoms with Crippen molar-refractivity contribution in [3.05, 3.63) is 12.5 Å². The number of hydrogen-bond donors (Lipinski definition) is 1. The average Bonchev–Trinajstić information content (AvgIpc) is 1.99. The smallest absolute Gasteiger partial charge is 0.215 e. The Morgan fingerprint density at radius 2 is 2.30 bits per heavy atom. The van der Waals surface area contributed by atoms with Crippen LogP contribution in [-0.4, -0.2) is 18.3 Å². The van der Waals surface area contributed by atoms with Crippen LogP contribution < -0.4 is 5.32 Å². The summed E-state index contributed by atoms with van der Waals surface area (Å²) in [5, 5.41) is 7.31. The van der Waals surface area contributed by atoms with Crippen molar-refractivity contribution in [1.82, 2.24) is 5.32 Å². The maximum atomic E-state index is 4.81. The summed E-state index contributed by atoms with van der Waals surface area (Å²) >= 11 is 1.53. The summed E-state index contributed by atoms with van der Waals surface area (Å²) in [6, 6.07) is 0. The fourth-order valence-corrected chi connectivity index (χ4v) is 0.314. The van der Waals surface area contributed by atoms with E-state index in [2.05, 4.69) is 17.1 Å². The highest BCUT2D eigenvalue weighted by atomic mass is 32.2. The lowest BCUT2D eigenvalue weighted by atomic mass is 10.9. The highest BCUT2D eigenvalue weighted by Crippen LogP contribution is 1.98. The Kier molecular flexibility index (Phi) is 4.84. The Bertz CT molecular complexity index is 145. The molecule has 0 saturated carbocycles. The van der Waals surface area contributed by atoms with E-state index in [4.69, 9.17) is 4.84 Å². The molecule has 3 nitrogen and oxygen atoms in total. The van der Waals surface area contributed by atoms with Crippen molar-refractivity contribution in [3.63, 3.8) is 0 Å². The number of thioether (sulfide) groups is 1. The third kappa shape index (κ3) is 4.26. The minimum Gasteiger partial charge on any atom is -0.358 e. The van der Waals surface area contributed by atoms with Crippen molar-refractivity contribution in [2.75, 3.05) is 13.3 Å². The van der Waals surface area contributed by atoms with Gasteiger partial charge in [-0.15, -0.1) is 11.8 Å². The van der Waals surface area contributed by atoms with Crippen LogP contribution in [0.4, 0.5) is 0 Å². The van der Waals surface area contributed by atoms with Crippen LogP contribution >= 0.6 is 11.8 Å². The molecule has 0 aromatic carbocycles. The zero-order valence-corrected chi connectivity index (χ0v) is 7.29. The Hall–Kier alpha value is -0.640. The first-order valence-corrected chi connectivity index (χ1v) is 4.05. The fraction of sp³-hybridized carbons (Fsp3) is 0.500. The molecule has 0 aliphatic carbocycles. The molecule has 0 atom stereocenters. The van der Waals surface area contributed by atoms with Crippen molar-refractivity contribution in [2.45, 2.75) is 6.92 Å². The first-order valence-electron chi connectivity index (χ1n) is 2.83. The van der Waals surface area contributed by atoms with Crippen LogP contribution in [0.5, 0.6) is 0 Å². The molecule has 0 bridgehead atoms. The second-order valence-electron chi connectivity index (χ2n) is 1.58. The molecule has 0 fully saturated rings. The minimum atomic E-state index is 0.452. The Labute approximate surface area is 65.5 Å². The zero-order chi connectivity index (χ0) is 7.98. The van der Waals surface area contributed by atoms with Gasteiger partial charge in [0.05, 0.1) is 0 Å². The maximum absolute atomic E-state index is 4.81. The van der Waals surface area contributed by atoms with E-state index in [-0.39, 0.29) is 0 Å². The molecule has 58 valence electrons. The van der Waals surface area contributed by atoms with Gasteiger partial charge in [0, 0.05) is 7.05 Å². The van der Waals surface area contributed by atoms with Crippen LogP contribution in [0.2, 0.25) is 0 Å². The summed E-state index contributed by atoms with van der Waals surface area (Å²) in [5.74, 6) is 0.452. The predicted octanol–water partition coefficient (Wildman–Crippen LogP) is 1.39. The molecular weight excluding hydrogens is 148 g/mol. The summed E-state index contributed by atoms with van der Waals surface area (Å²) in [5.41, 5.74) is 0. The van der Waals surface area contributed by atoms with Crippen molar-refractivity contribution in [2.24, 2.45) is 5.16 Å². The van der Waals surface area contributed by atoms with Gasteiger partial charge in [-0.3, -0.25) is 0 Å². The molecule has 0 saturated heterocycles. The number of nitrogens with zero attached hydrogens (tertiary/aromatic N) is 1. The lowest BCUT2D eigenvalue weighted by Gasteiger charge is -2.00. The quantitative estimate of drug-likeness (QED) is 0.293. The van der Waals surface area contributed by atoms with Gasteiger partial charge in [-0.1, -0.05) is 5.16 Å². The van der Waals surface area contributed by atoms with E-state index >= 15 is 0 Å².